The van der Waals surface area contributed by atoms with Crippen LogP contribution in [-0.4, -0.2) is 43.4 Å². The number of hydrogen-bond acceptors (Lipinski definition) is 6. The fourth-order valence-corrected chi connectivity index (χ4v) is 2.15. The molecule has 0 saturated heterocycles. The SMILES string of the molecule is Cn1cc(Nc2nccc(-c3ccc(C(=O)NCC(F)(F)F)nc3)n2)cn1. The van der Waals surface area contributed by atoms with Gasteiger partial charge in [0.05, 0.1) is 17.6 Å². The van der Waals surface area contributed by atoms with E-state index in [1.165, 1.54) is 12.3 Å². The molecule has 0 spiro atoms. The molecule has 1 amide bonds. The van der Waals surface area contributed by atoms with E-state index < -0.39 is 18.6 Å². The summed E-state index contributed by atoms with van der Waals surface area (Å²) in [5.41, 5.74) is 1.71. The van der Waals surface area contributed by atoms with Gasteiger partial charge in [-0.2, -0.15) is 18.3 Å². The van der Waals surface area contributed by atoms with E-state index in [2.05, 4.69) is 25.4 Å². The largest absolute Gasteiger partial charge is 0.405 e. The van der Waals surface area contributed by atoms with Crippen LogP contribution >= 0.6 is 0 Å². The van der Waals surface area contributed by atoms with Gasteiger partial charge in [-0.25, -0.2) is 9.97 Å². The number of carbonyl (C=O) groups is 1. The number of anilines is 2. The first-order chi connectivity index (χ1) is 12.8. The zero-order valence-corrected chi connectivity index (χ0v) is 14.0. The summed E-state index contributed by atoms with van der Waals surface area (Å²) in [6, 6.07) is 4.53. The Bertz CT molecular complexity index is 938. The summed E-state index contributed by atoms with van der Waals surface area (Å²) in [6.45, 7) is -1.41. The standard InChI is InChI=1S/C16H14F3N7O/c1-26-8-11(7-23-26)24-15-20-5-4-12(25-15)10-2-3-13(21-6-10)14(27)22-9-16(17,18)19/h2-8H,9H2,1H3,(H,22,27)(H,20,24,25). The first-order valence-electron chi connectivity index (χ1n) is 7.70. The molecule has 3 heterocycles. The van der Waals surface area contributed by atoms with Crippen molar-refractivity contribution in [3.63, 3.8) is 0 Å². The Morgan fingerprint density at radius 1 is 1.19 bits per heavy atom. The molecule has 0 aromatic carbocycles. The molecule has 27 heavy (non-hydrogen) atoms. The van der Waals surface area contributed by atoms with Crippen LogP contribution in [0.5, 0.6) is 0 Å². The van der Waals surface area contributed by atoms with Gasteiger partial charge in [0.15, 0.2) is 0 Å². The highest BCUT2D eigenvalue weighted by Crippen LogP contribution is 2.19. The van der Waals surface area contributed by atoms with E-state index in [-0.39, 0.29) is 5.69 Å². The zero-order valence-electron chi connectivity index (χ0n) is 14.0. The van der Waals surface area contributed by atoms with Crippen LogP contribution in [0.3, 0.4) is 0 Å². The predicted molar refractivity (Wildman–Crippen MR) is 90.1 cm³/mol. The first kappa shape index (κ1) is 18.3. The van der Waals surface area contributed by atoms with Gasteiger partial charge in [-0.05, 0) is 18.2 Å². The van der Waals surface area contributed by atoms with Gasteiger partial charge < -0.3 is 10.6 Å². The number of hydrogen-bond donors (Lipinski definition) is 2. The van der Waals surface area contributed by atoms with Crippen LogP contribution in [0.25, 0.3) is 11.3 Å². The lowest BCUT2D eigenvalue weighted by atomic mass is 10.2. The van der Waals surface area contributed by atoms with Gasteiger partial charge in [0.25, 0.3) is 5.91 Å². The van der Waals surface area contributed by atoms with Crippen molar-refractivity contribution in [1.29, 1.82) is 0 Å². The summed E-state index contributed by atoms with van der Waals surface area (Å²) < 4.78 is 38.1. The van der Waals surface area contributed by atoms with Gasteiger partial charge in [-0.15, -0.1) is 0 Å². The fraction of sp³-hybridized carbons (Fsp3) is 0.188. The van der Waals surface area contributed by atoms with Crippen molar-refractivity contribution >= 4 is 17.5 Å². The lowest BCUT2D eigenvalue weighted by Gasteiger charge is -2.08. The van der Waals surface area contributed by atoms with E-state index in [1.54, 1.807) is 47.8 Å². The van der Waals surface area contributed by atoms with Crippen molar-refractivity contribution in [3.05, 3.63) is 48.7 Å². The molecule has 3 rings (SSSR count). The average Bonchev–Trinajstić information content (AvgIpc) is 3.04. The summed E-state index contributed by atoms with van der Waals surface area (Å²) in [5, 5.41) is 8.80. The maximum atomic E-state index is 12.2. The molecule has 0 atom stereocenters. The molecule has 3 aromatic heterocycles. The molecular weight excluding hydrogens is 363 g/mol. The smallest absolute Gasteiger partial charge is 0.342 e. The summed E-state index contributed by atoms with van der Waals surface area (Å²) in [7, 11) is 1.78. The van der Waals surface area contributed by atoms with Crippen LogP contribution in [0.4, 0.5) is 24.8 Å². The van der Waals surface area contributed by atoms with Crippen LogP contribution < -0.4 is 10.6 Å². The second-order valence-electron chi connectivity index (χ2n) is 5.52. The van der Waals surface area contributed by atoms with Crippen molar-refractivity contribution in [2.45, 2.75) is 6.18 Å². The maximum Gasteiger partial charge on any atom is 0.405 e. The molecule has 0 saturated carbocycles. The van der Waals surface area contributed by atoms with E-state index in [9.17, 15) is 18.0 Å². The normalized spacial score (nSPS) is 11.3. The molecule has 8 nitrogen and oxygen atoms in total. The van der Waals surface area contributed by atoms with Crippen LogP contribution in [0, 0.1) is 0 Å². The molecule has 2 N–H and O–H groups in total. The van der Waals surface area contributed by atoms with Gasteiger partial charge in [-0.1, -0.05) is 0 Å². The Morgan fingerprint density at radius 2 is 2.00 bits per heavy atom. The van der Waals surface area contributed by atoms with Gasteiger partial charge in [0.1, 0.15) is 12.2 Å². The van der Waals surface area contributed by atoms with Crippen LogP contribution in [0.1, 0.15) is 10.5 Å². The summed E-state index contributed by atoms with van der Waals surface area (Å²) >= 11 is 0. The Hall–Kier alpha value is -3.50. The number of amides is 1. The highest BCUT2D eigenvalue weighted by molar-refractivity contribution is 5.92. The molecule has 11 heteroatoms. The van der Waals surface area contributed by atoms with Crippen molar-refractivity contribution in [2.24, 2.45) is 7.05 Å². The third-order valence-corrected chi connectivity index (χ3v) is 3.36. The number of halogens is 3. The Morgan fingerprint density at radius 3 is 2.63 bits per heavy atom. The lowest BCUT2D eigenvalue weighted by Crippen LogP contribution is -2.34. The van der Waals surface area contributed by atoms with Crippen molar-refractivity contribution in [3.8, 4) is 11.3 Å². The van der Waals surface area contributed by atoms with Crippen LogP contribution in [-0.2, 0) is 7.05 Å². The number of alkyl halides is 3. The second kappa shape index (κ2) is 7.40. The number of aromatic nitrogens is 5. The van der Waals surface area contributed by atoms with Gasteiger partial charge in [-0.3, -0.25) is 14.5 Å². The van der Waals surface area contributed by atoms with Gasteiger partial charge in [0, 0.05) is 31.2 Å². The number of nitrogens with zero attached hydrogens (tertiary/aromatic N) is 5. The quantitative estimate of drug-likeness (QED) is 0.708. The highest BCUT2D eigenvalue weighted by Gasteiger charge is 2.28. The van der Waals surface area contributed by atoms with E-state index in [4.69, 9.17) is 0 Å². The van der Waals surface area contributed by atoms with E-state index >= 15 is 0 Å². The monoisotopic (exact) mass is 377 g/mol. The molecule has 0 radical (unpaired) electrons. The van der Waals surface area contributed by atoms with E-state index in [1.807, 2.05) is 0 Å². The molecular formula is C16H14F3N7O. The van der Waals surface area contributed by atoms with Crippen molar-refractivity contribution < 1.29 is 18.0 Å². The number of aryl methyl sites for hydroxylation is 1. The maximum absolute atomic E-state index is 12.2. The van der Waals surface area contributed by atoms with Gasteiger partial charge in [0.2, 0.25) is 5.95 Å². The highest BCUT2D eigenvalue weighted by atomic mass is 19.4. The molecule has 0 fully saturated rings. The molecule has 0 aliphatic carbocycles. The Labute approximate surface area is 151 Å². The van der Waals surface area contributed by atoms with Crippen molar-refractivity contribution in [1.82, 2.24) is 30.0 Å². The van der Waals surface area contributed by atoms with E-state index in [0.717, 1.165) is 0 Å². The number of nitrogens with one attached hydrogen (secondary N) is 2. The fourth-order valence-electron chi connectivity index (χ4n) is 2.15. The molecule has 0 aliphatic rings. The summed E-state index contributed by atoms with van der Waals surface area (Å²) in [4.78, 5) is 24.0. The number of rotatable bonds is 5. The summed E-state index contributed by atoms with van der Waals surface area (Å²) in [5.74, 6) is -0.562. The minimum Gasteiger partial charge on any atom is -0.342 e. The molecule has 0 aliphatic heterocycles. The van der Waals surface area contributed by atoms with Crippen LogP contribution in [0.15, 0.2) is 43.0 Å². The minimum atomic E-state index is -4.48. The lowest BCUT2D eigenvalue weighted by molar-refractivity contribution is -0.123. The third-order valence-electron chi connectivity index (χ3n) is 3.36. The van der Waals surface area contributed by atoms with Crippen molar-refractivity contribution in [2.75, 3.05) is 11.9 Å². The first-order valence-corrected chi connectivity index (χ1v) is 7.70. The van der Waals surface area contributed by atoms with E-state index in [0.29, 0.717) is 22.9 Å². The minimum absolute atomic E-state index is 0.120. The second-order valence-corrected chi connectivity index (χ2v) is 5.52. The van der Waals surface area contributed by atoms with Crippen LogP contribution in [0.2, 0.25) is 0 Å². The molecule has 3 aromatic rings. The molecule has 0 bridgehead atoms. The molecule has 140 valence electrons. The number of carbonyl (C=O) groups excluding carboxylic acids is 1. The Balaban J connectivity index is 1.71. The topological polar surface area (TPSA) is 97.6 Å². The third kappa shape index (κ3) is 5.00. The van der Waals surface area contributed by atoms with Gasteiger partial charge >= 0.3 is 6.18 Å². The number of pyridine rings is 1. The predicted octanol–water partition coefficient (Wildman–Crippen LogP) is 2.31. The Kier molecular flexibility index (Phi) is 5.01. The zero-order chi connectivity index (χ0) is 19.4. The summed E-state index contributed by atoms with van der Waals surface area (Å²) in [6.07, 6.45) is 1.80. The average molecular weight is 377 g/mol. The molecule has 0 unspecified atom stereocenters.